The number of nitrogens with zero attached hydrogens (tertiary/aromatic N) is 4. The zero-order valence-corrected chi connectivity index (χ0v) is 12.9. The Kier molecular flexibility index (Phi) is 3.69. The normalized spacial score (nSPS) is 11.7. The lowest BCUT2D eigenvalue weighted by Crippen LogP contribution is -2.07. The molecule has 110 valence electrons. The summed E-state index contributed by atoms with van der Waals surface area (Å²) in [5.41, 5.74) is 8.39. The average molecular weight is 304 g/mol. The van der Waals surface area contributed by atoms with E-state index in [1.54, 1.807) is 6.33 Å². The zero-order chi connectivity index (χ0) is 15.0. The van der Waals surface area contributed by atoms with E-state index in [4.69, 9.17) is 22.3 Å². The summed E-state index contributed by atoms with van der Waals surface area (Å²) in [4.78, 5) is 9.17. The van der Waals surface area contributed by atoms with Crippen molar-refractivity contribution in [2.24, 2.45) is 5.73 Å². The predicted octanol–water partition coefficient (Wildman–Crippen LogP) is 3.09. The van der Waals surface area contributed by atoms with Crippen molar-refractivity contribution in [3.63, 3.8) is 0 Å². The summed E-state index contributed by atoms with van der Waals surface area (Å²) in [7, 11) is 0. The van der Waals surface area contributed by atoms with E-state index in [-0.39, 0.29) is 6.04 Å². The lowest BCUT2D eigenvalue weighted by atomic mass is 10.3. The van der Waals surface area contributed by atoms with Crippen LogP contribution in [0.2, 0.25) is 5.02 Å². The molecule has 0 aliphatic rings. The Morgan fingerprint density at radius 1 is 1.33 bits per heavy atom. The van der Waals surface area contributed by atoms with Gasteiger partial charge in [-0.25, -0.2) is 9.97 Å². The first-order valence-corrected chi connectivity index (χ1v) is 7.37. The molecule has 0 atom stereocenters. The first kappa shape index (κ1) is 14.1. The van der Waals surface area contributed by atoms with Crippen LogP contribution in [0.3, 0.4) is 0 Å². The van der Waals surface area contributed by atoms with Crippen LogP contribution in [0, 0.1) is 0 Å². The van der Waals surface area contributed by atoms with E-state index in [0.29, 0.717) is 11.6 Å². The van der Waals surface area contributed by atoms with Gasteiger partial charge in [0.15, 0.2) is 5.82 Å². The fourth-order valence-corrected chi connectivity index (χ4v) is 2.68. The molecule has 2 N–H and O–H groups in total. The first-order chi connectivity index (χ1) is 10.1. The topological polar surface area (TPSA) is 61.7 Å². The minimum absolute atomic E-state index is 0.267. The van der Waals surface area contributed by atoms with Gasteiger partial charge in [-0.05, 0) is 32.0 Å². The van der Waals surface area contributed by atoms with Gasteiger partial charge in [0, 0.05) is 30.4 Å². The molecule has 5 nitrogen and oxygen atoms in total. The molecule has 2 aromatic heterocycles. The molecular weight excluding hydrogens is 286 g/mol. The van der Waals surface area contributed by atoms with Gasteiger partial charge in [-0.1, -0.05) is 11.6 Å². The van der Waals surface area contributed by atoms with E-state index in [1.807, 2.05) is 29.0 Å². The minimum atomic E-state index is 0.267. The number of nitrogens with two attached hydrogens (primary N) is 1. The molecule has 0 saturated heterocycles. The SMILES string of the molecule is CC(C)n1c(-c2cn(CCN)cn2)nc2ccc(Cl)cc21. The van der Waals surface area contributed by atoms with Crippen molar-refractivity contribution < 1.29 is 0 Å². The molecule has 0 fully saturated rings. The van der Waals surface area contributed by atoms with Gasteiger partial charge in [-0.3, -0.25) is 0 Å². The van der Waals surface area contributed by atoms with Crippen LogP contribution in [0.5, 0.6) is 0 Å². The largest absolute Gasteiger partial charge is 0.335 e. The molecule has 0 unspecified atom stereocenters. The summed E-state index contributed by atoms with van der Waals surface area (Å²) in [6.07, 6.45) is 3.77. The van der Waals surface area contributed by atoms with Gasteiger partial charge in [0.1, 0.15) is 5.69 Å². The number of fused-ring (bicyclic) bond motifs is 1. The quantitative estimate of drug-likeness (QED) is 0.805. The Morgan fingerprint density at radius 3 is 2.86 bits per heavy atom. The minimum Gasteiger partial charge on any atom is -0.335 e. The van der Waals surface area contributed by atoms with Gasteiger partial charge < -0.3 is 14.9 Å². The highest BCUT2D eigenvalue weighted by atomic mass is 35.5. The Labute approximate surface area is 128 Å². The van der Waals surface area contributed by atoms with Gasteiger partial charge in [0.05, 0.1) is 17.4 Å². The third-order valence-corrected chi connectivity index (χ3v) is 3.65. The van der Waals surface area contributed by atoms with E-state index >= 15 is 0 Å². The van der Waals surface area contributed by atoms with Gasteiger partial charge in [0.25, 0.3) is 0 Å². The predicted molar refractivity (Wildman–Crippen MR) is 85.4 cm³/mol. The zero-order valence-electron chi connectivity index (χ0n) is 12.1. The summed E-state index contributed by atoms with van der Waals surface area (Å²) in [6.45, 7) is 5.59. The number of halogens is 1. The molecule has 0 bridgehead atoms. The Balaban J connectivity index is 2.18. The summed E-state index contributed by atoms with van der Waals surface area (Å²) in [5.74, 6) is 0.859. The lowest BCUT2D eigenvalue weighted by Gasteiger charge is -2.11. The van der Waals surface area contributed by atoms with Gasteiger partial charge in [-0.2, -0.15) is 0 Å². The van der Waals surface area contributed by atoms with Crippen molar-refractivity contribution in [1.82, 2.24) is 19.1 Å². The smallest absolute Gasteiger partial charge is 0.161 e. The number of aromatic nitrogens is 4. The second-order valence-corrected chi connectivity index (χ2v) is 5.75. The van der Waals surface area contributed by atoms with E-state index in [0.717, 1.165) is 29.1 Å². The fraction of sp³-hybridized carbons (Fsp3) is 0.333. The molecule has 0 aliphatic heterocycles. The van der Waals surface area contributed by atoms with Gasteiger partial charge in [0.2, 0.25) is 0 Å². The molecule has 3 aromatic rings. The third kappa shape index (κ3) is 2.54. The fourth-order valence-electron chi connectivity index (χ4n) is 2.52. The number of rotatable bonds is 4. The molecule has 21 heavy (non-hydrogen) atoms. The van der Waals surface area contributed by atoms with Crippen LogP contribution < -0.4 is 5.73 Å². The number of imidazole rings is 2. The maximum absolute atomic E-state index is 6.12. The summed E-state index contributed by atoms with van der Waals surface area (Å²) < 4.78 is 4.14. The molecule has 2 heterocycles. The molecule has 0 saturated carbocycles. The third-order valence-electron chi connectivity index (χ3n) is 3.42. The van der Waals surface area contributed by atoms with Crippen LogP contribution in [0.4, 0.5) is 0 Å². The van der Waals surface area contributed by atoms with Crippen molar-refractivity contribution in [3.8, 4) is 11.5 Å². The van der Waals surface area contributed by atoms with Gasteiger partial charge >= 0.3 is 0 Å². The number of benzene rings is 1. The highest BCUT2D eigenvalue weighted by molar-refractivity contribution is 6.31. The van der Waals surface area contributed by atoms with Crippen LogP contribution in [0.15, 0.2) is 30.7 Å². The highest BCUT2D eigenvalue weighted by Crippen LogP contribution is 2.29. The Hall–Kier alpha value is -1.85. The van der Waals surface area contributed by atoms with Crippen LogP contribution in [0.25, 0.3) is 22.6 Å². The molecule has 0 aliphatic carbocycles. The van der Waals surface area contributed by atoms with E-state index < -0.39 is 0 Å². The molecule has 6 heteroatoms. The standard InChI is InChI=1S/C15H18ClN5/c1-10(2)21-14-7-11(16)3-4-12(14)19-15(21)13-8-20(6-5-17)9-18-13/h3-4,7-10H,5-6,17H2,1-2H3. The maximum atomic E-state index is 6.12. The lowest BCUT2D eigenvalue weighted by molar-refractivity contribution is 0.623. The van der Waals surface area contributed by atoms with Crippen molar-refractivity contribution in [1.29, 1.82) is 0 Å². The molecular formula is C15H18ClN5. The van der Waals surface area contributed by atoms with Crippen molar-refractivity contribution in [3.05, 3.63) is 35.7 Å². The Morgan fingerprint density at radius 2 is 2.14 bits per heavy atom. The second-order valence-electron chi connectivity index (χ2n) is 5.32. The van der Waals surface area contributed by atoms with Crippen LogP contribution >= 0.6 is 11.6 Å². The molecule has 0 radical (unpaired) electrons. The van der Waals surface area contributed by atoms with E-state index in [9.17, 15) is 0 Å². The summed E-state index contributed by atoms with van der Waals surface area (Å²) in [5, 5.41) is 0.713. The van der Waals surface area contributed by atoms with Crippen LogP contribution in [-0.4, -0.2) is 25.6 Å². The van der Waals surface area contributed by atoms with Crippen molar-refractivity contribution in [2.45, 2.75) is 26.4 Å². The second kappa shape index (κ2) is 5.50. The first-order valence-electron chi connectivity index (χ1n) is 7.00. The maximum Gasteiger partial charge on any atom is 0.161 e. The number of hydrogen-bond acceptors (Lipinski definition) is 3. The summed E-state index contributed by atoms with van der Waals surface area (Å²) in [6, 6.07) is 6.02. The summed E-state index contributed by atoms with van der Waals surface area (Å²) >= 11 is 6.12. The molecule has 1 aromatic carbocycles. The Bertz CT molecular complexity index is 772. The average Bonchev–Trinajstić information content (AvgIpc) is 3.02. The van der Waals surface area contributed by atoms with Crippen LogP contribution in [0.1, 0.15) is 19.9 Å². The molecule has 3 rings (SSSR count). The number of hydrogen-bond donors (Lipinski definition) is 1. The monoisotopic (exact) mass is 303 g/mol. The molecule has 0 amide bonds. The van der Waals surface area contributed by atoms with Crippen molar-refractivity contribution in [2.75, 3.05) is 6.54 Å². The van der Waals surface area contributed by atoms with Crippen LogP contribution in [-0.2, 0) is 6.54 Å². The van der Waals surface area contributed by atoms with Crippen molar-refractivity contribution >= 4 is 22.6 Å². The van der Waals surface area contributed by atoms with Gasteiger partial charge in [-0.15, -0.1) is 0 Å². The molecule has 0 spiro atoms. The van der Waals surface area contributed by atoms with E-state index in [2.05, 4.69) is 23.4 Å². The van der Waals surface area contributed by atoms with E-state index in [1.165, 1.54) is 0 Å². The highest BCUT2D eigenvalue weighted by Gasteiger charge is 2.17.